The number of hydrogen-bond acceptors (Lipinski definition) is 5. The molecule has 3 rings (SSSR count). The third-order valence-electron chi connectivity index (χ3n) is 4.02. The Kier molecular flexibility index (Phi) is 5.86. The number of nitrogens with zero attached hydrogens (tertiary/aromatic N) is 3. The van der Waals surface area contributed by atoms with Gasteiger partial charge in [-0.3, -0.25) is 0 Å². The van der Waals surface area contributed by atoms with Gasteiger partial charge < -0.3 is 9.88 Å². The molecule has 2 heterocycles. The van der Waals surface area contributed by atoms with E-state index < -0.39 is 21.8 Å². The van der Waals surface area contributed by atoms with Crippen molar-refractivity contribution < 1.29 is 21.6 Å². The van der Waals surface area contributed by atoms with Gasteiger partial charge in [0.15, 0.2) is 0 Å². The molecule has 0 aliphatic carbocycles. The number of sulfonamides is 1. The van der Waals surface area contributed by atoms with Crippen LogP contribution in [-0.4, -0.2) is 29.0 Å². The van der Waals surface area contributed by atoms with Gasteiger partial charge in [0.05, 0.1) is 22.5 Å². The fourth-order valence-electron chi connectivity index (χ4n) is 2.75. The predicted molar refractivity (Wildman–Crippen MR) is 107 cm³/mol. The number of aromatic nitrogens is 3. The first-order chi connectivity index (χ1) is 14.0. The lowest BCUT2D eigenvalue weighted by atomic mass is 10.1. The average Bonchev–Trinajstić information content (AvgIpc) is 3.06. The van der Waals surface area contributed by atoms with Crippen molar-refractivity contribution in [2.75, 3.05) is 5.32 Å². The second kappa shape index (κ2) is 8.07. The van der Waals surface area contributed by atoms with Crippen molar-refractivity contribution in [3.63, 3.8) is 0 Å². The first-order valence-electron chi connectivity index (χ1n) is 8.91. The van der Waals surface area contributed by atoms with E-state index in [0.29, 0.717) is 16.9 Å². The second-order valence-electron chi connectivity index (χ2n) is 6.96. The number of benzene rings is 1. The lowest BCUT2D eigenvalue weighted by molar-refractivity contribution is -0.137. The maximum Gasteiger partial charge on any atom is 0.416 e. The summed E-state index contributed by atoms with van der Waals surface area (Å²) in [6, 6.07) is 5.71. The number of alkyl halides is 3. The molecule has 0 saturated heterocycles. The lowest BCUT2D eigenvalue weighted by Gasteiger charge is -2.15. The van der Waals surface area contributed by atoms with Gasteiger partial charge in [-0.15, -0.1) is 0 Å². The van der Waals surface area contributed by atoms with Gasteiger partial charge in [0, 0.05) is 36.7 Å². The highest BCUT2D eigenvalue weighted by Crippen LogP contribution is 2.34. The molecule has 2 N–H and O–H groups in total. The molecule has 7 nitrogen and oxygen atoms in total. The van der Waals surface area contributed by atoms with E-state index >= 15 is 0 Å². The zero-order chi connectivity index (χ0) is 22.1. The van der Waals surface area contributed by atoms with Crippen LogP contribution in [0.5, 0.6) is 0 Å². The van der Waals surface area contributed by atoms with Crippen molar-refractivity contribution in [1.82, 2.24) is 19.3 Å². The minimum absolute atomic E-state index is 0.0133. The molecule has 0 radical (unpaired) electrons. The van der Waals surface area contributed by atoms with Crippen LogP contribution in [0.1, 0.15) is 19.4 Å². The highest BCUT2D eigenvalue weighted by molar-refractivity contribution is 7.89. The maximum atomic E-state index is 13.0. The van der Waals surface area contributed by atoms with Crippen LogP contribution in [0.2, 0.25) is 0 Å². The lowest BCUT2D eigenvalue weighted by Crippen LogP contribution is -2.30. The van der Waals surface area contributed by atoms with Gasteiger partial charge in [0.25, 0.3) is 0 Å². The third-order valence-corrected chi connectivity index (χ3v) is 5.68. The summed E-state index contributed by atoms with van der Waals surface area (Å²) in [5.41, 5.74) is 0.374. The Morgan fingerprint density at radius 1 is 1.10 bits per heavy atom. The van der Waals surface area contributed by atoms with E-state index in [2.05, 4.69) is 20.0 Å². The number of hydrogen-bond donors (Lipinski definition) is 2. The van der Waals surface area contributed by atoms with Gasteiger partial charge in [0.2, 0.25) is 10.0 Å². The average molecular weight is 439 g/mol. The van der Waals surface area contributed by atoms with Crippen LogP contribution in [-0.2, 0) is 23.2 Å². The van der Waals surface area contributed by atoms with Gasteiger partial charge in [-0.1, -0.05) is 0 Å². The smallest absolute Gasteiger partial charge is 0.340 e. The van der Waals surface area contributed by atoms with Crippen molar-refractivity contribution in [1.29, 1.82) is 0 Å². The van der Waals surface area contributed by atoms with E-state index in [1.165, 1.54) is 24.5 Å². The third kappa shape index (κ3) is 4.97. The summed E-state index contributed by atoms with van der Waals surface area (Å²) in [6.45, 7) is 3.40. The summed E-state index contributed by atoms with van der Waals surface area (Å²) in [4.78, 5) is 8.18. The second-order valence-corrected chi connectivity index (χ2v) is 8.67. The minimum atomic E-state index is -4.51. The first-order valence-corrected chi connectivity index (χ1v) is 10.4. The minimum Gasteiger partial charge on any atom is -0.340 e. The van der Waals surface area contributed by atoms with E-state index in [9.17, 15) is 21.6 Å². The van der Waals surface area contributed by atoms with Crippen LogP contribution in [0.15, 0.2) is 53.9 Å². The quantitative estimate of drug-likeness (QED) is 0.608. The van der Waals surface area contributed by atoms with E-state index in [0.717, 1.165) is 18.3 Å². The molecule has 0 unspecified atom stereocenters. The Hall–Kier alpha value is -2.92. The van der Waals surface area contributed by atoms with Crippen LogP contribution < -0.4 is 10.0 Å². The fraction of sp³-hybridized carbons (Fsp3) is 0.263. The van der Waals surface area contributed by atoms with Crippen LogP contribution in [0.3, 0.4) is 0 Å². The number of halogens is 3. The van der Waals surface area contributed by atoms with E-state index in [4.69, 9.17) is 0 Å². The highest BCUT2D eigenvalue weighted by atomic mass is 32.2. The van der Waals surface area contributed by atoms with Crippen molar-refractivity contribution in [3.8, 4) is 11.3 Å². The van der Waals surface area contributed by atoms with Gasteiger partial charge in [-0.2, -0.15) is 13.2 Å². The Labute approximate surface area is 172 Å². The monoisotopic (exact) mass is 439 g/mol. The fourth-order valence-corrected chi connectivity index (χ4v) is 4.03. The summed E-state index contributed by atoms with van der Waals surface area (Å²) < 4.78 is 68.3. The Balaban J connectivity index is 2.07. The number of nitrogens with one attached hydrogen (secondary N) is 2. The summed E-state index contributed by atoms with van der Waals surface area (Å²) in [5, 5.41) is 2.84. The standard InChI is InChI=1S/C19H20F3N5O2S/c1-12(2)26-30(28,29)14-4-5-16(15(9-14)17-10-27(3)11-24-17)25-18-8-13(6-7-23-18)19(20,21)22/h4-12,26H,1-3H3,(H,23,25). The molecule has 30 heavy (non-hydrogen) atoms. The number of imidazole rings is 1. The molecule has 0 spiro atoms. The van der Waals surface area contributed by atoms with Crippen LogP contribution in [0.25, 0.3) is 11.3 Å². The van der Waals surface area contributed by atoms with Crippen LogP contribution in [0.4, 0.5) is 24.7 Å². The molecule has 0 fully saturated rings. The number of pyridine rings is 1. The number of aryl methyl sites for hydroxylation is 1. The zero-order valence-corrected chi connectivity index (χ0v) is 17.2. The molecule has 11 heteroatoms. The molecule has 160 valence electrons. The zero-order valence-electron chi connectivity index (χ0n) is 16.4. The van der Waals surface area contributed by atoms with E-state index in [1.54, 1.807) is 31.7 Å². The van der Waals surface area contributed by atoms with Crippen molar-refractivity contribution in [2.24, 2.45) is 7.05 Å². The summed E-state index contributed by atoms with van der Waals surface area (Å²) in [6.07, 6.45) is -0.248. The van der Waals surface area contributed by atoms with E-state index in [-0.39, 0.29) is 16.8 Å². The summed E-state index contributed by atoms with van der Waals surface area (Å²) >= 11 is 0. The number of anilines is 2. The first kappa shape index (κ1) is 21.8. The summed E-state index contributed by atoms with van der Waals surface area (Å²) in [7, 11) is -2.03. The number of rotatable bonds is 6. The van der Waals surface area contributed by atoms with Gasteiger partial charge >= 0.3 is 6.18 Å². The molecule has 0 bridgehead atoms. The Morgan fingerprint density at radius 3 is 2.43 bits per heavy atom. The van der Waals surface area contributed by atoms with Crippen LogP contribution in [0, 0.1) is 0 Å². The van der Waals surface area contributed by atoms with Gasteiger partial charge in [0.1, 0.15) is 5.82 Å². The van der Waals surface area contributed by atoms with Crippen molar-refractivity contribution >= 4 is 21.5 Å². The maximum absolute atomic E-state index is 13.0. The molecule has 0 aliphatic heterocycles. The van der Waals surface area contributed by atoms with Crippen molar-refractivity contribution in [2.45, 2.75) is 31.0 Å². The molecule has 1 aromatic carbocycles. The molecule has 0 aliphatic rings. The molecular weight excluding hydrogens is 419 g/mol. The largest absolute Gasteiger partial charge is 0.416 e. The van der Waals surface area contributed by atoms with Gasteiger partial charge in [-0.05, 0) is 44.2 Å². The Morgan fingerprint density at radius 2 is 1.83 bits per heavy atom. The van der Waals surface area contributed by atoms with Crippen molar-refractivity contribution in [3.05, 3.63) is 54.6 Å². The molecule has 0 amide bonds. The van der Waals surface area contributed by atoms with Crippen LogP contribution >= 0.6 is 0 Å². The Bertz CT molecular complexity index is 1160. The summed E-state index contributed by atoms with van der Waals surface area (Å²) in [5.74, 6) is -0.0297. The SMILES string of the molecule is CC(C)NS(=O)(=O)c1ccc(Nc2cc(C(F)(F)F)ccn2)c(-c2cn(C)cn2)c1. The molecular formula is C19H20F3N5O2S. The predicted octanol–water partition coefficient (Wildman–Crippen LogP) is 3.93. The molecule has 0 saturated carbocycles. The van der Waals surface area contributed by atoms with Gasteiger partial charge in [-0.25, -0.2) is 23.1 Å². The normalized spacial score (nSPS) is 12.4. The molecule has 2 aromatic heterocycles. The molecule has 3 aromatic rings. The topological polar surface area (TPSA) is 88.9 Å². The molecule has 0 atom stereocenters. The highest BCUT2D eigenvalue weighted by Gasteiger charge is 2.30. The van der Waals surface area contributed by atoms with E-state index in [1.807, 2.05) is 0 Å².